The molecule has 234 valence electrons. The highest BCUT2D eigenvalue weighted by molar-refractivity contribution is 6.35. The fraction of sp³-hybridized carbons (Fsp3) is 0.424. The third-order valence-electron chi connectivity index (χ3n) is 8.46. The number of hydrogen-bond acceptors (Lipinski definition) is 8. The molecule has 3 heterocycles. The van der Waals surface area contributed by atoms with Crippen molar-refractivity contribution in [2.75, 3.05) is 63.3 Å². The molecule has 0 aliphatic carbocycles. The van der Waals surface area contributed by atoms with Gasteiger partial charge in [-0.05, 0) is 57.3 Å². The van der Waals surface area contributed by atoms with Crippen LogP contribution in [0.25, 0.3) is 10.8 Å². The van der Waals surface area contributed by atoms with Crippen LogP contribution in [0.4, 0.5) is 16.0 Å². The molecule has 2 aromatic carbocycles. The third kappa shape index (κ3) is 6.76. The normalized spacial score (nSPS) is 18.6. The van der Waals surface area contributed by atoms with Crippen molar-refractivity contribution in [1.82, 2.24) is 20.2 Å². The zero-order valence-electron chi connectivity index (χ0n) is 25.8. The number of aromatic nitrogens is 2. The van der Waals surface area contributed by atoms with Gasteiger partial charge in [-0.15, -0.1) is 0 Å². The van der Waals surface area contributed by atoms with E-state index >= 15 is 0 Å². The van der Waals surface area contributed by atoms with Gasteiger partial charge in [0.15, 0.2) is 17.5 Å². The van der Waals surface area contributed by atoms with Crippen LogP contribution in [0.2, 0.25) is 5.02 Å². The number of allylic oxidation sites excluding steroid dienone is 1. The Labute approximate surface area is 263 Å². The first-order valence-corrected chi connectivity index (χ1v) is 15.3. The maximum absolute atomic E-state index is 13.4. The molecule has 1 aromatic heterocycles. The largest absolute Gasteiger partial charge is 0.484 e. The predicted octanol–water partition coefficient (Wildman–Crippen LogP) is 5.70. The highest BCUT2D eigenvalue weighted by Gasteiger charge is 2.34. The number of carbonyl (C=O) groups is 1. The van der Waals surface area contributed by atoms with Crippen LogP contribution in [0.1, 0.15) is 38.3 Å². The number of fused-ring (bicyclic) bond motifs is 2. The second-order valence-corrected chi connectivity index (χ2v) is 11.8. The van der Waals surface area contributed by atoms with Gasteiger partial charge in [0.05, 0.1) is 6.04 Å². The highest BCUT2D eigenvalue weighted by Crippen LogP contribution is 2.45. The van der Waals surface area contributed by atoms with Crippen molar-refractivity contribution in [3.8, 4) is 11.8 Å². The molecule has 2 atom stereocenters. The molecule has 0 bridgehead atoms. The minimum Gasteiger partial charge on any atom is -0.484 e. The topological polar surface area (TPSA) is 83.1 Å². The minimum absolute atomic E-state index is 0.174. The number of halogens is 2. The van der Waals surface area contributed by atoms with Gasteiger partial charge < -0.3 is 29.5 Å². The zero-order valence-corrected chi connectivity index (χ0v) is 26.5. The molecule has 1 fully saturated rings. The van der Waals surface area contributed by atoms with E-state index < -0.39 is 11.7 Å². The van der Waals surface area contributed by atoms with Gasteiger partial charge in [0.1, 0.15) is 13.2 Å². The molecule has 11 heteroatoms. The Bertz CT molecular complexity index is 1560. The van der Waals surface area contributed by atoms with E-state index in [2.05, 4.69) is 34.8 Å². The number of benzene rings is 2. The van der Waals surface area contributed by atoms with Crippen LogP contribution in [0.15, 0.2) is 60.5 Å². The lowest BCUT2D eigenvalue weighted by Crippen LogP contribution is -2.39. The lowest BCUT2D eigenvalue weighted by Gasteiger charge is -2.38. The van der Waals surface area contributed by atoms with Gasteiger partial charge in [0.25, 0.3) is 5.91 Å². The number of ether oxygens (including phenoxy) is 2. The molecule has 1 amide bonds. The van der Waals surface area contributed by atoms with Crippen LogP contribution < -0.4 is 24.6 Å². The summed E-state index contributed by atoms with van der Waals surface area (Å²) in [5, 5.41) is 5.28. The fourth-order valence-electron chi connectivity index (χ4n) is 5.79. The first-order chi connectivity index (χ1) is 21.2. The molecule has 5 rings (SSSR count). The molecule has 1 N–H and O–H groups in total. The van der Waals surface area contributed by atoms with E-state index in [9.17, 15) is 9.18 Å². The quantitative estimate of drug-likeness (QED) is 0.216. The molecule has 0 radical (unpaired) electrons. The molecule has 9 nitrogen and oxygen atoms in total. The van der Waals surface area contributed by atoms with Crippen molar-refractivity contribution in [3.63, 3.8) is 0 Å². The summed E-state index contributed by atoms with van der Waals surface area (Å²) in [5.41, 5.74) is 2.12. The summed E-state index contributed by atoms with van der Waals surface area (Å²) in [6.45, 7) is 9.93. The van der Waals surface area contributed by atoms with Gasteiger partial charge >= 0.3 is 6.01 Å². The number of carbonyl (C=O) groups excluding carboxylic acids is 1. The first-order valence-electron chi connectivity index (χ1n) is 14.9. The van der Waals surface area contributed by atoms with Gasteiger partial charge in [-0.25, -0.2) is 4.39 Å². The average molecular weight is 623 g/mol. The standard InChI is InChI=1S/C33H40ClFN6O3/c1-6-21(2)18-41(17-15-36-32(42)22(3)35)31-29-30(37-33(38-31)44-19-24-12-9-16-39(24)4)40(5)27(20-43-29)25-13-7-10-23-11-8-14-26(34)28(23)25/h6-8,10-11,13-14,24,27H,3,9,12,15-20H2,1-2,4-5H3,(H,36,42)/b21-6-/t24-,27?/m0/s1. The van der Waals surface area contributed by atoms with Gasteiger partial charge in [-0.1, -0.05) is 60.2 Å². The van der Waals surface area contributed by atoms with E-state index in [-0.39, 0.29) is 24.6 Å². The summed E-state index contributed by atoms with van der Waals surface area (Å²) in [7, 11) is 4.09. The Balaban J connectivity index is 1.54. The van der Waals surface area contributed by atoms with Crippen molar-refractivity contribution in [1.29, 1.82) is 0 Å². The van der Waals surface area contributed by atoms with Crippen molar-refractivity contribution in [3.05, 3.63) is 71.0 Å². The van der Waals surface area contributed by atoms with Crippen molar-refractivity contribution >= 4 is 39.9 Å². The SMILES string of the molecule is C=C(F)C(=O)NCCN(C/C(C)=C\C)c1nc(OC[C@@H]2CCCN2C)nc2c1OCC(c1cccc3cccc(Cl)c13)N2C. The van der Waals surface area contributed by atoms with Crippen LogP contribution in [0.3, 0.4) is 0 Å². The predicted molar refractivity (Wildman–Crippen MR) is 174 cm³/mol. The number of hydrogen-bond donors (Lipinski definition) is 1. The second kappa shape index (κ2) is 13.8. The molecular weight excluding hydrogens is 583 g/mol. The van der Waals surface area contributed by atoms with Gasteiger partial charge in [-0.2, -0.15) is 9.97 Å². The van der Waals surface area contributed by atoms with Crippen LogP contribution in [0, 0.1) is 0 Å². The average Bonchev–Trinajstić information content (AvgIpc) is 3.43. The monoisotopic (exact) mass is 622 g/mol. The molecule has 2 aliphatic rings. The summed E-state index contributed by atoms with van der Waals surface area (Å²) >= 11 is 6.71. The summed E-state index contributed by atoms with van der Waals surface area (Å²) in [4.78, 5) is 28.0. The number of rotatable bonds is 11. The maximum Gasteiger partial charge on any atom is 0.320 e. The van der Waals surface area contributed by atoms with E-state index in [1.165, 1.54) is 0 Å². The lowest BCUT2D eigenvalue weighted by atomic mass is 9.97. The van der Waals surface area contributed by atoms with E-state index in [0.717, 1.165) is 41.3 Å². The highest BCUT2D eigenvalue weighted by atomic mass is 35.5. The Morgan fingerprint density at radius 2 is 2.05 bits per heavy atom. The Kier molecular flexibility index (Phi) is 9.90. The summed E-state index contributed by atoms with van der Waals surface area (Å²) in [6.07, 6.45) is 4.19. The van der Waals surface area contributed by atoms with Crippen molar-refractivity contribution in [2.24, 2.45) is 0 Å². The van der Waals surface area contributed by atoms with Gasteiger partial charge in [-0.3, -0.25) is 4.79 Å². The summed E-state index contributed by atoms with van der Waals surface area (Å²) < 4.78 is 26.1. The Morgan fingerprint density at radius 1 is 1.27 bits per heavy atom. The molecule has 0 spiro atoms. The number of likely N-dealkylation sites (tertiary alicyclic amines) is 1. The van der Waals surface area contributed by atoms with E-state index in [4.69, 9.17) is 31.0 Å². The fourth-order valence-corrected chi connectivity index (χ4v) is 6.08. The first kappa shape index (κ1) is 31.5. The maximum atomic E-state index is 13.4. The Hall–Kier alpha value is -3.89. The summed E-state index contributed by atoms with van der Waals surface area (Å²) in [5.74, 6) is -0.215. The van der Waals surface area contributed by atoms with E-state index in [0.29, 0.717) is 48.7 Å². The molecule has 3 aromatic rings. The number of anilines is 2. The summed E-state index contributed by atoms with van der Waals surface area (Å²) in [6, 6.07) is 12.4. The van der Waals surface area contributed by atoms with Crippen LogP contribution in [0.5, 0.6) is 11.8 Å². The van der Waals surface area contributed by atoms with Gasteiger partial charge in [0.2, 0.25) is 5.75 Å². The van der Waals surface area contributed by atoms with E-state index in [1.54, 1.807) is 0 Å². The zero-order chi connectivity index (χ0) is 31.4. The van der Waals surface area contributed by atoms with Crippen LogP contribution >= 0.6 is 11.6 Å². The molecular formula is C33H40ClFN6O3. The molecule has 2 aliphatic heterocycles. The smallest absolute Gasteiger partial charge is 0.320 e. The molecule has 44 heavy (non-hydrogen) atoms. The number of amides is 1. The minimum atomic E-state index is -1.03. The lowest BCUT2D eigenvalue weighted by molar-refractivity contribution is -0.118. The number of likely N-dealkylation sites (N-methyl/N-ethyl adjacent to an activating group) is 2. The third-order valence-corrected chi connectivity index (χ3v) is 8.78. The Morgan fingerprint density at radius 3 is 2.75 bits per heavy atom. The second-order valence-electron chi connectivity index (χ2n) is 11.4. The molecule has 1 unspecified atom stereocenters. The molecule has 1 saturated heterocycles. The number of nitrogens with one attached hydrogen (secondary N) is 1. The van der Waals surface area contributed by atoms with Gasteiger partial charge in [0, 0.05) is 43.1 Å². The van der Waals surface area contributed by atoms with Crippen molar-refractivity contribution in [2.45, 2.75) is 38.8 Å². The molecule has 0 saturated carbocycles. The van der Waals surface area contributed by atoms with Crippen molar-refractivity contribution < 1.29 is 18.7 Å². The number of nitrogens with zero attached hydrogens (tertiary/aromatic N) is 5. The van der Waals surface area contributed by atoms with Crippen LogP contribution in [-0.4, -0.2) is 80.3 Å². The van der Waals surface area contributed by atoms with Crippen LogP contribution in [-0.2, 0) is 4.79 Å². The van der Waals surface area contributed by atoms with E-state index in [1.807, 2.05) is 62.2 Å².